The van der Waals surface area contributed by atoms with E-state index in [0.29, 0.717) is 0 Å². The van der Waals surface area contributed by atoms with E-state index >= 15 is 0 Å². The van der Waals surface area contributed by atoms with E-state index < -0.39 is 0 Å². The van der Waals surface area contributed by atoms with E-state index in [1.165, 1.54) is 0 Å². The minimum atomic E-state index is 0.161. The quantitative estimate of drug-likeness (QED) is 0.694. The standard InChI is InChI=1S/C15H14N2O/c1-10-6-3-4-8-12(10)17-13-9-5-7-11(2)14(13)18-15(17)16/h3-9,16H,1-2H3. The fraction of sp³-hybridized carbons (Fsp3) is 0.133. The van der Waals surface area contributed by atoms with Gasteiger partial charge in [-0.05, 0) is 37.1 Å². The number of oxazole rings is 1. The summed E-state index contributed by atoms with van der Waals surface area (Å²) in [5, 5.41) is 8.03. The number of nitrogens with one attached hydrogen (secondary N) is 1. The Morgan fingerprint density at radius 2 is 1.67 bits per heavy atom. The number of para-hydroxylation sites is 2. The van der Waals surface area contributed by atoms with Crippen LogP contribution in [0.5, 0.6) is 0 Å². The summed E-state index contributed by atoms with van der Waals surface area (Å²) in [5.41, 5.74) is 5.05. The second-order valence-electron chi connectivity index (χ2n) is 4.45. The van der Waals surface area contributed by atoms with E-state index in [4.69, 9.17) is 9.83 Å². The van der Waals surface area contributed by atoms with Gasteiger partial charge in [-0.25, -0.2) is 0 Å². The first-order chi connectivity index (χ1) is 8.68. The van der Waals surface area contributed by atoms with Gasteiger partial charge >= 0.3 is 0 Å². The van der Waals surface area contributed by atoms with Crippen LogP contribution in [-0.2, 0) is 0 Å². The molecule has 1 N–H and O–H groups in total. The predicted molar refractivity (Wildman–Crippen MR) is 70.9 cm³/mol. The first-order valence-corrected chi connectivity index (χ1v) is 5.90. The number of benzene rings is 2. The van der Waals surface area contributed by atoms with Gasteiger partial charge in [-0.2, -0.15) is 0 Å². The van der Waals surface area contributed by atoms with E-state index in [2.05, 4.69) is 0 Å². The van der Waals surface area contributed by atoms with Crippen molar-refractivity contribution in [3.8, 4) is 5.69 Å². The molecule has 3 heteroatoms. The third-order valence-electron chi connectivity index (χ3n) is 3.19. The Bertz CT molecular complexity index is 781. The van der Waals surface area contributed by atoms with Crippen LogP contribution in [-0.4, -0.2) is 4.57 Å². The lowest BCUT2D eigenvalue weighted by atomic mass is 10.2. The zero-order valence-electron chi connectivity index (χ0n) is 10.4. The maximum Gasteiger partial charge on any atom is 0.299 e. The van der Waals surface area contributed by atoms with Crippen LogP contribution >= 0.6 is 0 Å². The molecule has 0 atom stereocenters. The fourth-order valence-corrected chi connectivity index (χ4v) is 2.25. The third kappa shape index (κ3) is 1.48. The van der Waals surface area contributed by atoms with Gasteiger partial charge in [-0.3, -0.25) is 9.98 Å². The van der Waals surface area contributed by atoms with Gasteiger partial charge in [-0.1, -0.05) is 30.3 Å². The molecule has 0 spiro atoms. The van der Waals surface area contributed by atoms with Crippen molar-refractivity contribution in [2.24, 2.45) is 0 Å². The number of hydrogen-bond acceptors (Lipinski definition) is 2. The molecular weight excluding hydrogens is 224 g/mol. The van der Waals surface area contributed by atoms with Crippen LogP contribution in [0.25, 0.3) is 16.8 Å². The minimum absolute atomic E-state index is 0.161. The highest BCUT2D eigenvalue weighted by molar-refractivity contribution is 5.78. The highest BCUT2D eigenvalue weighted by atomic mass is 16.3. The smallest absolute Gasteiger partial charge is 0.299 e. The molecule has 0 saturated heterocycles. The Labute approximate surface area is 105 Å². The summed E-state index contributed by atoms with van der Waals surface area (Å²) in [7, 11) is 0. The molecule has 0 aliphatic carbocycles. The average Bonchev–Trinajstić information content (AvgIpc) is 2.68. The Balaban J connectivity index is 2.44. The summed E-state index contributed by atoms with van der Waals surface area (Å²) in [6.45, 7) is 4.03. The van der Waals surface area contributed by atoms with Crippen molar-refractivity contribution in [3.63, 3.8) is 0 Å². The summed E-state index contributed by atoms with van der Waals surface area (Å²) >= 11 is 0. The topological polar surface area (TPSA) is 41.9 Å². The number of aryl methyl sites for hydroxylation is 2. The van der Waals surface area contributed by atoms with E-state index in [1.54, 1.807) is 0 Å². The van der Waals surface area contributed by atoms with Gasteiger partial charge in [0.1, 0.15) is 0 Å². The zero-order chi connectivity index (χ0) is 12.7. The number of fused-ring (bicyclic) bond motifs is 1. The third-order valence-corrected chi connectivity index (χ3v) is 3.19. The van der Waals surface area contributed by atoms with Gasteiger partial charge in [-0.15, -0.1) is 0 Å². The lowest BCUT2D eigenvalue weighted by Gasteiger charge is -2.06. The first kappa shape index (κ1) is 10.8. The Morgan fingerprint density at radius 1 is 0.944 bits per heavy atom. The molecule has 0 aliphatic heterocycles. The van der Waals surface area contributed by atoms with Gasteiger partial charge in [0.25, 0.3) is 5.68 Å². The number of aromatic nitrogens is 1. The molecule has 0 radical (unpaired) electrons. The molecule has 0 amide bonds. The maximum absolute atomic E-state index is 8.03. The summed E-state index contributed by atoms with van der Waals surface area (Å²) in [4.78, 5) is 0. The zero-order valence-corrected chi connectivity index (χ0v) is 10.4. The SMILES string of the molecule is Cc1ccccc1-n1c(=N)oc2c(C)cccc21. The number of nitrogens with zero attached hydrogens (tertiary/aromatic N) is 1. The molecule has 0 bridgehead atoms. The van der Waals surface area contributed by atoms with Gasteiger partial charge in [0.2, 0.25) is 0 Å². The average molecular weight is 238 g/mol. The lowest BCUT2D eigenvalue weighted by molar-refractivity contribution is 0.507. The second kappa shape index (κ2) is 3.88. The molecule has 18 heavy (non-hydrogen) atoms. The second-order valence-corrected chi connectivity index (χ2v) is 4.45. The summed E-state index contributed by atoms with van der Waals surface area (Å²) in [6.07, 6.45) is 0. The maximum atomic E-state index is 8.03. The van der Waals surface area contributed by atoms with Crippen molar-refractivity contribution in [1.82, 2.24) is 4.57 Å². The Hall–Kier alpha value is -2.29. The van der Waals surface area contributed by atoms with Gasteiger partial charge < -0.3 is 4.42 Å². The molecule has 3 aromatic rings. The van der Waals surface area contributed by atoms with E-state index in [-0.39, 0.29) is 5.68 Å². The van der Waals surface area contributed by atoms with E-state index in [0.717, 1.165) is 27.9 Å². The van der Waals surface area contributed by atoms with Crippen LogP contribution in [0.3, 0.4) is 0 Å². The van der Waals surface area contributed by atoms with Crippen molar-refractivity contribution in [2.75, 3.05) is 0 Å². The van der Waals surface area contributed by atoms with Crippen LogP contribution in [0.1, 0.15) is 11.1 Å². The predicted octanol–water partition coefficient (Wildman–Crippen LogP) is 3.32. The number of rotatable bonds is 1. The van der Waals surface area contributed by atoms with Gasteiger partial charge in [0.15, 0.2) is 5.58 Å². The minimum Gasteiger partial charge on any atom is -0.423 e. The van der Waals surface area contributed by atoms with Gasteiger partial charge in [0.05, 0.1) is 11.2 Å². The van der Waals surface area contributed by atoms with Crippen LogP contribution in [0.2, 0.25) is 0 Å². The van der Waals surface area contributed by atoms with Gasteiger partial charge in [0, 0.05) is 0 Å². The molecule has 2 aromatic carbocycles. The lowest BCUT2D eigenvalue weighted by Crippen LogP contribution is -2.12. The molecular formula is C15H14N2O. The largest absolute Gasteiger partial charge is 0.423 e. The van der Waals surface area contributed by atoms with Crippen LogP contribution in [0, 0.1) is 19.3 Å². The highest BCUT2D eigenvalue weighted by Gasteiger charge is 2.11. The van der Waals surface area contributed by atoms with E-state index in [9.17, 15) is 0 Å². The normalized spacial score (nSPS) is 11.0. The van der Waals surface area contributed by atoms with Crippen molar-refractivity contribution in [3.05, 3.63) is 59.3 Å². The molecule has 3 nitrogen and oxygen atoms in total. The van der Waals surface area contributed by atoms with Crippen LogP contribution < -0.4 is 5.68 Å². The molecule has 0 fully saturated rings. The van der Waals surface area contributed by atoms with Crippen molar-refractivity contribution in [2.45, 2.75) is 13.8 Å². The monoisotopic (exact) mass is 238 g/mol. The molecule has 1 aromatic heterocycles. The Kier molecular flexibility index (Phi) is 2.33. The summed E-state index contributed by atoms with van der Waals surface area (Å²) in [5.74, 6) is 0. The molecule has 0 unspecified atom stereocenters. The highest BCUT2D eigenvalue weighted by Crippen LogP contribution is 2.21. The van der Waals surface area contributed by atoms with Crippen molar-refractivity contribution in [1.29, 1.82) is 5.41 Å². The van der Waals surface area contributed by atoms with Crippen molar-refractivity contribution >= 4 is 11.1 Å². The fourth-order valence-electron chi connectivity index (χ4n) is 2.25. The molecule has 0 saturated carbocycles. The molecule has 3 rings (SSSR count). The summed E-state index contributed by atoms with van der Waals surface area (Å²) < 4.78 is 7.41. The van der Waals surface area contributed by atoms with E-state index in [1.807, 2.05) is 60.9 Å². The molecule has 1 heterocycles. The van der Waals surface area contributed by atoms with Crippen LogP contribution in [0.15, 0.2) is 46.9 Å². The molecule has 0 aliphatic rings. The van der Waals surface area contributed by atoms with Crippen LogP contribution in [0.4, 0.5) is 0 Å². The number of hydrogen-bond donors (Lipinski definition) is 1. The van der Waals surface area contributed by atoms with Crippen molar-refractivity contribution < 1.29 is 4.42 Å². The first-order valence-electron chi connectivity index (χ1n) is 5.90. The molecule has 90 valence electrons. The summed E-state index contributed by atoms with van der Waals surface area (Å²) in [6, 6.07) is 14.0. The Morgan fingerprint density at radius 3 is 2.44 bits per heavy atom.